The van der Waals surface area contributed by atoms with Gasteiger partial charge in [0.25, 0.3) is 0 Å². The van der Waals surface area contributed by atoms with Gasteiger partial charge in [-0.25, -0.2) is 22.8 Å². The number of sulfonamides is 1. The summed E-state index contributed by atoms with van der Waals surface area (Å²) in [4.78, 5) is 26.4. The lowest BCUT2D eigenvalue weighted by Gasteiger charge is -2.27. The van der Waals surface area contributed by atoms with Gasteiger partial charge in [-0.05, 0) is 30.7 Å². The van der Waals surface area contributed by atoms with Crippen LogP contribution >= 0.6 is 0 Å². The van der Waals surface area contributed by atoms with Crippen molar-refractivity contribution >= 4 is 15.9 Å². The van der Waals surface area contributed by atoms with Crippen LogP contribution < -0.4 is 5.32 Å². The molecule has 0 aliphatic carbocycles. The van der Waals surface area contributed by atoms with E-state index in [9.17, 15) is 43.9 Å². The van der Waals surface area contributed by atoms with Crippen LogP contribution in [0.5, 0.6) is 0 Å². The Hall–Kier alpha value is -3.73. The molecule has 1 fully saturated rings. The fraction of sp³-hybridized carbons (Fsp3) is 0.348. The molecular weight excluding hydrogens is 573 g/mol. The number of carbonyl (C=O) groups is 1. The summed E-state index contributed by atoms with van der Waals surface area (Å²) in [6, 6.07) is 0.382. The van der Waals surface area contributed by atoms with Crippen molar-refractivity contribution in [2.45, 2.75) is 55.4 Å². The van der Waals surface area contributed by atoms with Gasteiger partial charge >= 0.3 is 12.4 Å². The Balaban J connectivity index is 1.61. The summed E-state index contributed by atoms with van der Waals surface area (Å²) < 4.78 is 121. The molecule has 0 unspecified atom stereocenters. The van der Waals surface area contributed by atoms with Gasteiger partial charge < -0.3 is 5.32 Å². The summed E-state index contributed by atoms with van der Waals surface area (Å²) in [6.45, 7) is 0.482. The van der Waals surface area contributed by atoms with Crippen LogP contribution in [-0.4, -0.2) is 56.8 Å². The van der Waals surface area contributed by atoms with E-state index < -0.39 is 76.5 Å². The molecule has 3 aromatic rings. The number of halogens is 7. The van der Waals surface area contributed by atoms with Gasteiger partial charge in [0.05, 0.1) is 22.2 Å². The Labute approximate surface area is 222 Å². The molecule has 9 nitrogen and oxygen atoms in total. The van der Waals surface area contributed by atoms with Crippen molar-refractivity contribution in [3.63, 3.8) is 0 Å². The van der Waals surface area contributed by atoms with E-state index in [1.807, 2.05) is 0 Å². The van der Waals surface area contributed by atoms with Crippen molar-refractivity contribution in [2.24, 2.45) is 0 Å². The van der Waals surface area contributed by atoms with Crippen LogP contribution in [0.15, 0.2) is 54.1 Å². The fourth-order valence-corrected chi connectivity index (χ4v) is 5.96. The third-order valence-electron chi connectivity index (χ3n) is 6.16. The molecule has 1 aliphatic heterocycles. The predicted octanol–water partition coefficient (Wildman–Crippen LogP) is 3.78. The van der Waals surface area contributed by atoms with Gasteiger partial charge in [-0.2, -0.15) is 30.6 Å². The maximum atomic E-state index is 14.6. The fourth-order valence-electron chi connectivity index (χ4n) is 4.16. The van der Waals surface area contributed by atoms with E-state index in [1.165, 1.54) is 19.3 Å². The number of nitrogens with one attached hydrogen (secondary N) is 1. The highest BCUT2D eigenvalue weighted by Gasteiger charge is 2.49. The lowest BCUT2D eigenvalue weighted by atomic mass is 10.1. The molecule has 1 aliphatic rings. The maximum Gasteiger partial charge on any atom is 0.451 e. The largest absolute Gasteiger partial charge is 0.451 e. The number of nitrogens with zero attached hydrogens (tertiary/aromatic N) is 5. The van der Waals surface area contributed by atoms with Gasteiger partial charge in [-0.1, -0.05) is 0 Å². The normalized spacial score (nSPS) is 20.4. The summed E-state index contributed by atoms with van der Waals surface area (Å²) >= 11 is 0. The molecule has 0 radical (unpaired) electrons. The minimum atomic E-state index is -4.93. The van der Waals surface area contributed by atoms with Crippen LogP contribution in [0.4, 0.5) is 30.7 Å². The van der Waals surface area contributed by atoms with Crippen LogP contribution in [0, 0.1) is 0 Å². The summed E-state index contributed by atoms with van der Waals surface area (Å²) in [5.41, 5.74) is -2.13. The molecule has 4 rings (SSSR count). The SMILES string of the molecule is C[C@H]1[C@H](F)C[C@@H](C(=O)NCc2cc(-c3cnc(C(F)(F)F)nc3)ncc2C(F)(F)F)N1S(=O)(=O)c1ccncc1. The van der Waals surface area contributed by atoms with E-state index in [4.69, 9.17) is 0 Å². The topological polar surface area (TPSA) is 118 Å². The van der Waals surface area contributed by atoms with Gasteiger partial charge in [-0.15, -0.1) is 0 Å². The standard InChI is InChI=1S/C23H19F7N6O3S/c1-12-17(24)7-19(36(12)40(38,39)15-2-4-31-5-3-15)20(37)33-8-13-6-18(32-11-16(13)22(25,26)27)14-9-34-21(35-10-14)23(28,29)30/h2-6,9-12,17,19H,7-8H2,1H3,(H,33,37)/t12-,17+,19-/m0/s1. The first-order chi connectivity index (χ1) is 18.6. The van der Waals surface area contributed by atoms with E-state index in [2.05, 4.69) is 25.3 Å². The Bertz CT molecular complexity index is 1490. The van der Waals surface area contributed by atoms with Crippen molar-refractivity contribution in [1.82, 2.24) is 29.6 Å². The van der Waals surface area contributed by atoms with Gasteiger partial charge in [0.1, 0.15) is 12.2 Å². The number of rotatable bonds is 6. The molecule has 3 aromatic heterocycles. The number of aromatic nitrogens is 4. The highest BCUT2D eigenvalue weighted by atomic mass is 32.2. The van der Waals surface area contributed by atoms with Crippen LogP contribution in [0.3, 0.4) is 0 Å². The summed E-state index contributed by atoms with van der Waals surface area (Å²) in [7, 11) is -4.38. The molecule has 4 heterocycles. The second-order valence-corrected chi connectivity index (χ2v) is 10.6. The molecule has 0 saturated carbocycles. The monoisotopic (exact) mass is 592 g/mol. The predicted molar refractivity (Wildman–Crippen MR) is 123 cm³/mol. The number of alkyl halides is 7. The third kappa shape index (κ3) is 5.89. The van der Waals surface area contributed by atoms with Crippen molar-refractivity contribution in [3.8, 4) is 11.3 Å². The average molecular weight is 592 g/mol. The Morgan fingerprint density at radius 1 is 1.02 bits per heavy atom. The molecule has 0 aromatic carbocycles. The number of carbonyl (C=O) groups excluding carboxylic acids is 1. The minimum Gasteiger partial charge on any atom is -0.351 e. The zero-order valence-corrected chi connectivity index (χ0v) is 21.1. The number of pyridine rings is 2. The molecule has 1 N–H and O–H groups in total. The molecule has 40 heavy (non-hydrogen) atoms. The molecule has 214 valence electrons. The Morgan fingerprint density at radius 2 is 1.65 bits per heavy atom. The smallest absolute Gasteiger partial charge is 0.351 e. The lowest BCUT2D eigenvalue weighted by molar-refractivity contribution is -0.145. The van der Waals surface area contributed by atoms with Gasteiger partial charge in [0.15, 0.2) is 0 Å². The van der Waals surface area contributed by atoms with Crippen LogP contribution in [0.2, 0.25) is 0 Å². The molecule has 1 amide bonds. The third-order valence-corrected chi connectivity index (χ3v) is 8.17. The van der Waals surface area contributed by atoms with E-state index in [1.54, 1.807) is 0 Å². The van der Waals surface area contributed by atoms with Gasteiger partial charge in [0.2, 0.25) is 21.8 Å². The molecule has 1 saturated heterocycles. The number of hydrogen-bond donors (Lipinski definition) is 1. The van der Waals surface area contributed by atoms with Gasteiger partial charge in [0, 0.05) is 49.5 Å². The Kier molecular flexibility index (Phi) is 7.81. The minimum absolute atomic E-state index is 0.131. The number of amides is 1. The van der Waals surface area contributed by atoms with E-state index in [0.29, 0.717) is 10.5 Å². The first-order valence-electron chi connectivity index (χ1n) is 11.4. The highest BCUT2D eigenvalue weighted by Crippen LogP contribution is 2.35. The van der Waals surface area contributed by atoms with E-state index in [0.717, 1.165) is 30.6 Å². The zero-order chi connectivity index (χ0) is 29.5. The molecular formula is C23H19F7N6O3S. The highest BCUT2D eigenvalue weighted by molar-refractivity contribution is 7.89. The van der Waals surface area contributed by atoms with Crippen LogP contribution in [-0.2, 0) is 33.7 Å². The first-order valence-corrected chi connectivity index (χ1v) is 12.9. The van der Waals surface area contributed by atoms with Gasteiger partial charge in [-0.3, -0.25) is 14.8 Å². The molecule has 0 spiro atoms. The summed E-state index contributed by atoms with van der Waals surface area (Å²) in [5, 5.41) is 2.22. The van der Waals surface area contributed by atoms with Crippen molar-refractivity contribution in [2.75, 3.05) is 0 Å². The number of hydrogen-bond acceptors (Lipinski definition) is 7. The summed E-state index contributed by atoms with van der Waals surface area (Å²) in [6.07, 6.45) is -7.74. The van der Waals surface area contributed by atoms with Crippen LogP contribution in [0.1, 0.15) is 30.3 Å². The second kappa shape index (κ2) is 10.7. The van der Waals surface area contributed by atoms with Crippen molar-refractivity contribution in [3.05, 3.63) is 66.1 Å². The summed E-state index contributed by atoms with van der Waals surface area (Å²) in [5.74, 6) is -2.51. The molecule has 3 atom stereocenters. The molecule has 0 bridgehead atoms. The van der Waals surface area contributed by atoms with Crippen molar-refractivity contribution in [1.29, 1.82) is 0 Å². The van der Waals surface area contributed by atoms with Crippen molar-refractivity contribution < 1.29 is 43.9 Å². The van der Waals surface area contributed by atoms with E-state index in [-0.39, 0.29) is 16.2 Å². The average Bonchev–Trinajstić information content (AvgIpc) is 3.21. The second-order valence-electron chi connectivity index (χ2n) is 8.76. The lowest BCUT2D eigenvalue weighted by Crippen LogP contribution is -2.48. The zero-order valence-electron chi connectivity index (χ0n) is 20.3. The Morgan fingerprint density at radius 3 is 2.23 bits per heavy atom. The maximum absolute atomic E-state index is 14.6. The van der Waals surface area contributed by atoms with Crippen LogP contribution in [0.25, 0.3) is 11.3 Å². The van der Waals surface area contributed by atoms with E-state index >= 15 is 0 Å². The quantitative estimate of drug-likeness (QED) is 0.433. The first kappa shape index (κ1) is 29.3. The molecule has 17 heteroatoms.